The first-order valence-electron chi connectivity index (χ1n) is 3.15. The fraction of sp³-hybridized carbons (Fsp3) is 0. The molecule has 1 heterocycles. The highest BCUT2D eigenvalue weighted by Crippen LogP contribution is 2.09. The van der Waals surface area contributed by atoms with Gasteiger partial charge in [0, 0.05) is 12.4 Å². The third-order valence-corrected chi connectivity index (χ3v) is 1.24. The number of amides is 2. The predicted molar refractivity (Wildman–Crippen MR) is 41.9 cm³/mol. The van der Waals surface area contributed by atoms with Crippen LogP contribution >= 0.6 is 0 Å². The second kappa shape index (κ2) is 3.34. The van der Waals surface area contributed by atoms with E-state index in [2.05, 4.69) is 4.98 Å². The standard InChI is InChI=1S/C7H6N4O/c8-5-11(7(9)12)6-1-3-10-4-2-6/h1-4H,(H2,9,12). The summed E-state index contributed by atoms with van der Waals surface area (Å²) in [6.45, 7) is 0. The first-order valence-corrected chi connectivity index (χ1v) is 3.15. The third-order valence-electron chi connectivity index (χ3n) is 1.24. The highest BCUT2D eigenvalue weighted by Gasteiger charge is 2.09. The topological polar surface area (TPSA) is 83.0 Å². The first kappa shape index (κ1) is 8.01. The molecule has 12 heavy (non-hydrogen) atoms. The number of nitrogens with two attached hydrogens (primary N) is 1. The molecule has 0 spiro atoms. The van der Waals surface area contributed by atoms with E-state index in [-0.39, 0.29) is 0 Å². The van der Waals surface area contributed by atoms with Gasteiger partial charge in [0.15, 0.2) is 6.19 Å². The van der Waals surface area contributed by atoms with Crippen LogP contribution in [0.4, 0.5) is 10.5 Å². The van der Waals surface area contributed by atoms with Crippen molar-refractivity contribution in [3.63, 3.8) is 0 Å². The second-order valence-electron chi connectivity index (χ2n) is 1.98. The summed E-state index contributed by atoms with van der Waals surface area (Å²) in [5, 5.41) is 8.50. The lowest BCUT2D eigenvalue weighted by Crippen LogP contribution is -2.31. The molecule has 0 aliphatic rings. The highest BCUT2D eigenvalue weighted by molar-refractivity contribution is 5.93. The lowest BCUT2D eigenvalue weighted by Gasteiger charge is -2.08. The molecule has 0 unspecified atom stereocenters. The SMILES string of the molecule is N#CN(C(N)=O)c1ccncc1. The number of carbonyl (C=O) groups excluding carboxylic acids is 1. The molecule has 0 saturated heterocycles. The molecular weight excluding hydrogens is 156 g/mol. The van der Waals surface area contributed by atoms with Gasteiger partial charge in [-0.15, -0.1) is 0 Å². The summed E-state index contributed by atoms with van der Waals surface area (Å²) in [6.07, 6.45) is 4.60. The van der Waals surface area contributed by atoms with Gasteiger partial charge in [0.1, 0.15) is 0 Å². The van der Waals surface area contributed by atoms with Crippen molar-refractivity contribution in [2.24, 2.45) is 5.73 Å². The van der Waals surface area contributed by atoms with Gasteiger partial charge in [-0.2, -0.15) is 10.2 Å². The average molecular weight is 162 g/mol. The minimum atomic E-state index is -0.802. The quantitative estimate of drug-likeness (QED) is 0.480. The molecular formula is C7H6N4O. The number of carbonyl (C=O) groups is 1. The molecule has 0 aliphatic heterocycles. The Labute approximate surface area is 69.0 Å². The van der Waals surface area contributed by atoms with Gasteiger partial charge in [0.25, 0.3) is 0 Å². The summed E-state index contributed by atoms with van der Waals surface area (Å²) in [5.41, 5.74) is 5.34. The van der Waals surface area contributed by atoms with Crippen LogP contribution in [0.25, 0.3) is 0 Å². The molecule has 5 heteroatoms. The summed E-state index contributed by atoms with van der Waals surface area (Å²) in [4.78, 5) is 15.1. The van der Waals surface area contributed by atoms with E-state index in [1.165, 1.54) is 24.5 Å². The van der Waals surface area contributed by atoms with Crippen molar-refractivity contribution in [3.8, 4) is 6.19 Å². The molecule has 2 amide bonds. The number of hydrogen-bond acceptors (Lipinski definition) is 3. The van der Waals surface area contributed by atoms with Gasteiger partial charge >= 0.3 is 6.03 Å². The lowest BCUT2D eigenvalue weighted by atomic mass is 10.4. The molecule has 1 aromatic heterocycles. The zero-order valence-corrected chi connectivity index (χ0v) is 6.14. The second-order valence-corrected chi connectivity index (χ2v) is 1.98. The summed E-state index contributed by atoms with van der Waals surface area (Å²) in [7, 11) is 0. The molecule has 1 aromatic rings. The fourth-order valence-electron chi connectivity index (χ4n) is 0.727. The molecule has 1 rings (SSSR count). The van der Waals surface area contributed by atoms with E-state index in [0.717, 1.165) is 4.90 Å². The van der Waals surface area contributed by atoms with Crippen LogP contribution in [0.1, 0.15) is 0 Å². The molecule has 0 bridgehead atoms. The highest BCUT2D eigenvalue weighted by atomic mass is 16.2. The molecule has 5 nitrogen and oxygen atoms in total. The molecule has 0 aliphatic carbocycles. The van der Waals surface area contributed by atoms with Crippen LogP contribution in [0.3, 0.4) is 0 Å². The van der Waals surface area contributed by atoms with Crippen LogP contribution in [-0.2, 0) is 0 Å². The summed E-state index contributed by atoms with van der Waals surface area (Å²) in [6, 6.07) is 2.24. The smallest absolute Gasteiger partial charge is 0.332 e. The molecule has 0 atom stereocenters. The van der Waals surface area contributed by atoms with Crippen molar-refractivity contribution >= 4 is 11.7 Å². The number of aromatic nitrogens is 1. The van der Waals surface area contributed by atoms with Crippen LogP contribution in [-0.4, -0.2) is 11.0 Å². The number of nitriles is 1. The van der Waals surface area contributed by atoms with E-state index in [1.54, 1.807) is 6.19 Å². The Morgan fingerprint density at radius 1 is 1.58 bits per heavy atom. The minimum Gasteiger partial charge on any atom is -0.350 e. The van der Waals surface area contributed by atoms with Gasteiger partial charge in [0.05, 0.1) is 5.69 Å². The number of anilines is 1. The van der Waals surface area contributed by atoms with Crippen LogP contribution in [0.5, 0.6) is 0 Å². The van der Waals surface area contributed by atoms with Crippen molar-refractivity contribution in [1.29, 1.82) is 5.26 Å². The Bertz CT molecular complexity index is 316. The number of pyridine rings is 1. The van der Waals surface area contributed by atoms with Gasteiger partial charge in [-0.1, -0.05) is 0 Å². The maximum atomic E-state index is 10.6. The number of nitrogens with zero attached hydrogens (tertiary/aromatic N) is 3. The average Bonchev–Trinajstić information content (AvgIpc) is 2.07. The molecule has 0 radical (unpaired) electrons. The van der Waals surface area contributed by atoms with Gasteiger partial charge in [-0.05, 0) is 12.1 Å². The Morgan fingerprint density at radius 3 is 2.58 bits per heavy atom. The molecule has 60 valence electrons. The van der Waals surface area contributed by atoms with E-state index < -0.39 is 6.03 Å². The lowest BCUT2D eigenvalue weighted by molar-refractivity contribution is 0.256. The van der Waals surface area contributed by atoms with Crippen molar-refractivity contribution in [2.45, 2.75) is 0 Å². The van der Waals surface area contributed by atoms with E-state index in [0.29, 0.717) is 5.69 Å². The van der Waals surface area contributed by atoms with E-state index in [4.69, 9.17) is 11.0 Å². The molecule has 0 saturated carbocycles. The molecule has 2 N–H and O–H groups in total. The van der Waals surface area contributed by atoms with Gasteiger partial charge in [-0.25, -0.2) is 4.79 Å². The number of primary amides is 1. The summed E-state index contributed by atoms with van der Waals surface area (Å²) < 4.78 is 0. The Hall–Kier alpha value is -2.09. The van der Waals surface area contributed by atoms with Gasteiger partial charge in [-0.3, -0.25) is 4.98 Å². The Morgan fingerprint density at radius 2 is 2.17 bits per heavy atom. The van der Waals surface area contributed by atoms with Crippen LogP contribution in [0, 0.1) is 11.5 Å². The van der Waals surface area contributed by atoms with Crippen LogP contribution in [0.2, 0.25) is 0 Å². The fourth-order valence-corrected chi connectivity index (χ4v) is 0.727. The van der Waals surface area contributed by atoms with Crippen molar-refractivity contribution < 1.29 is 4.79 Å². The zero-order chi connectivity index (χ0) is 8.97. The maximum Gasteiger partial charge on any atom is 0.332 e. The summed E-state index contributed by atoms with van der Waals surface area (Å²) >= 11 is 0. The van der Waals surface area contributed by atoms with Crippen LogP contribution < -0.4 is 10.6 Å². The van der Waals surface area contributed by atoms with Crippen molar-refractivity contribution in [1.82, 2.24) is 4.98 Å². The first-order chi connectivity index (χ1) is 5.75. The van der Waals surface area contributed by atoms with Crippen molar-refractivity contribution in [3.05, 3.63) is 24.5 Å². The minimum absolute atomic E-state index is 0.417. The number of urea groups is 1. The van der Waals surface area contributed by atoms with Crippen molar-refractivity contribution in [2.75, 3.05) is 4.90 Å². The normalized spacial score (nSPS) is 8.58. The Balaban J connectivity index is 2.98. The number of hydrogen-bond donors (Lipinski definition) is 1. The molecule has 0 aromatic carbocycles. The van der Waals surface area contributed by atoms with Gasteiger partial charge < -0.3 is 5.73 Å². The predicted octanol–water partition coefficient (Wildman–Crippen LogP) is 0.448. The van der Waals surface area contributed by atoms with E-state index in [9.17, 15) is 4.79 Å². The number of rotatable bonds is 1. The third kappa shape index (κ3) is 1.49. The van der Waals surface area contributed by atoms with E-state index >= 15 is 0 Å². The largest absolute Gasteiger partial charge is 0.350 e. The van der Waals surface area contributed by atoms with Crippen LogP contribution in [0.15, 0.2) is 24.5 Å². The van der Waals surface area contributed by atoms with Gasteiger partial charge in [0.2, 0.25) is 0 Å². The zero-order valence-electron chi connectivity index (χ0n) is 6.14. The monoisotopic (exact) mass is 162 g/mol. The Kier molecular flexibility index (Phi) is 2.23. The summed E-state index contributed by atoms with van der Waals surface area (Å²) in [5.74, 6) is 0. The maximum absolute atomic E-state index is 10.6. The molecule has 0 fully saturated rings. The van der Waals surface area contributed by atoms with E-state index in [1.807, 2.05) is 0 Å².